The summed E-state index contributed by atoms with van der Waals surface area (Å²) >= 11 is 0. The van der Waals surface area contributed by atoms with E-state index in [0.717, 1.165) is 24.4 Å². The van der Waals surface area contributed by atoms with E-state index in [1.807, 2.05) is 29.2 Å². The van der Waals surface area contributed by atoms with Crippen molar-refractivity contribution in [2.45, 2.75) is 31.5 Å². The van der Waals surface area contributed by atoms with Gasteiger partial charge in [-0.2, -0.15) is 0 Å². The number of fused-ring (bicyclic) bond motifs is 3. The number of hydrogen-bond donors (Lipinski definition) is 1. The Balaban J connectivity index is 1.74. The highest BCUT2D eigenvalue weighted by molar-refractivity contribution is 5.97. The fraction of sp³-hybridized carbons (Fsp3) is 0.316. The van der Waals surface area contributed by atoms with E-state index in [2.05, 4.69) is 29.6 Å². The second-order valence-corrected chi connectivity index (χ2v) is 6.13. The van der Waals surface area contributed by atoms with Gasteiger partial charge in [-0.1, -0.05) is 30.3 Å². The number of anilines is 1. The molecular weight excluding hydrogens is 288 g/mol. The van der Waals surface area contributed by atoms with Crippen molar-refractivity contribution in [1.82, 2.24) is 5.32 Å². The zero-order valence-electron chi connectivity index (χ0n) is 13.2. The molecule has 0 aliphatic carbocycles. The molecule has 0 unspecified atom stereocenters. The van der Waals surface area contributed by atoms with Crippen molar-refractivity contribution in [3.63, 3.8) is 0 Å². The van der Waals surface area contributed by atoms with E-state index in [-0.39, 0.29) is 18.0 Å². The summed E-state index contributed by atoms with van der Waals surface area (Å²) < 4.78 is 5.25. The van der Waals surface area contributed by atoms with E-state index >= 15 is 0 Å². The molecule has 1 saturated heterocycles. The van der Waals surface area contributed by atoms with Gasteiger partial charge in [0.25, 0.3) is 0 Å². The number of methoxy groups -OCH3 is 1. The van der Waals surface area contributed by atoms with Gasteiger partial charge in [0.2, 0.25) is 5.91 Å². The molecule has 1 fully saturated rings. The summed E-state index contributed by atoms with van der Waals surface area (Å²) in [5.41, 5.74) is 3.44. The van der Waals surface area contributed by atoms with Crippen LogP contribution in [0.4, 0.5) is 5.69 Å². The number of benzene rings is 2. The summed E-state index contributed by atoms with van der Waals surface area (Å²) in [4.78, 5) is 14.5. The predicted octanol–water partition coefficient (Wildman–Crippen LogP) is 3.04. The minimum Gasteiger partial charge on any atom is -0.497 e. The maximum atomic E-state index is 12.5. The number of amides is 1. The first-order valence-electron chi connectivity index (χ1n) is 8.05. The summed E-state index contributed by atoms with van der Waals surface area (Å²) in [6.07, 6.45) is 1.50. The van der Waals surface area contributed by atoms with Crippen molar-refractivity contribution in [3.05, 3.63) is 59.7 Å². The van der Waals surface area contributed by atoms with Crippen molar-refractivity contribution in [2.75, 3.05) is 12.0 Å². The number of carbonyl (C=O) groups excluding carboxylic acids is 1. The molecule has 0 bridgehead atoms. The lowest BCUT2D eigenvalue weighted by molar-refractivity contribution is -0.117. The topological polar surface area (TPSA) is 41.6 Å². The zero-order valence-corrected chi connectivity index (χ0v) is 13.2. The SMILES string of the molecule is COc1ccc([C@H]2NCc3ccccc3N3C(=O)CC[C@@H]23)cc1. The van der Waals surface area contributed by atoms with Crippen LogP contribution in [-0.2, 0) is 11.3 Å². The molecule has 118 valence electrons. The molecule has 0 saturated carbocycles. The molecular formula is C19H20N2O2. The third-order valence-corrected chi connectivity index (χ3v) is 4.88. The fourth-order valence-corrected chi connectivity index (χ4v) is 3.74. The summed E-state index contributed by atoms with van der Waals surface area (Å²) in [5, 5.41) is 3.65. The first-order valence-corrected chi connectivity index (χ1v) is 8.05. The van der Waals surface area contributed by atoms with E-state index in [4.69, 9.17) is 4.74 Å². The maximum absolute atomic E-state index is 12.5. The molecule has 0 radical (unpaired) electrons. The molecule has 1 N–H and O–H groups in total. The maximum Gasteiger partial charge on any atom is 0.227 e. The number of hydrogen-bond acceptors (Lipinski definition) is 3. The van der Waals surface area contributed by atoms with Gasteiger partial charge in [-0.3, -0.25) is 4.79 Å². The van der Waals surface area contributed by atoms with Crippen LogP contribution in [0.25, 0.3) is 0 Å². The van der Waals surface area contributed by atoms with Gasteiger partial charge in [0.05, 0.1) is 19.2 Å². The van der Waals surface area contributed by atoms with Gasteiger partial charge in [0.1, 0.15) is 5.75 Å². The standard InChI is InChI=1S/C19H20N2O2/c1-23-15-8-6-13(7-9-15)19-17-10-11-18(22)21(17)16-5-3-2-4-14(16)12-20-19/h2-9,17,19-20H,10-12H2,1H3/t17-,19+/m0/s1. The van der Waals surface area contributed by atoms with Crippen LogP contribution in [0.1, 0.15) is 30.0 Å². The summed E-state index contributed by atoms with van der Waals surface area (Å²) in [6.45, 7) is 0.771. The molecule has 0 aromatic heterocycles. The van der Waals surface area contributed by atoms with Crippen LogP contribution < -0.4 is 15.0 Å². The summed E-state index contributed by atoms with van der Waals surface area (Å²) in [6, 6.07) is 16.6. The van der Waals surface area contributed by atoms with Crippen LogP contribution in [0.2, 0.25) is 0 Å². The smallest absolute Gasteiger partial charge is 0.227 e. The van der Waals surface area contributed by atoms with Crippen molar-refractivity contribution in [1.29, 1.82) is 0 Å². The Bertz CT molecular complexity index is 726. The van der Waals surface area contributed by atoms with Gasteiger partial charge >= 0.3 is 0 Å². The predicted molar refractivity (Wildman–Crippen MR) is 89.5 cm³/mol. The molecule has 4 rings (SSSR count). The molecule has 2 aliphatic heterocycles. The van der Waals surface area contributed by atoms with E-state index in [1.165, 1.54) is 11.1 Å². The monoisotopic (exact) mass is 308 g/mol. The minimum absolute atomic E-state index is 0.139. The number of nitrogens with zero attached hydrogens (tertiary/aromatic N) is 1. The lowest BCUT2D eigenvalue weighted by Crippen LogP contribution is -2.40. The van der Waals surface area contributed by atoms with Crippen molar-refractivity contribution in [2.24, 2.45) is 0 Å². The first-order chi connectivity index (χ1) is 11.3. The molecule has 2 atom stereocenters. The first kappa shape index (κ1) is 14.3. The molecule has 2 aromatic rings. The minimum atomic E-state index is 0.139. The van der Waals surface area contributed by atoms with Gasteiger partial charge in [0.15, 0.2) is 0 Å². The van der Waals surface area contributed by atoms with Crippen LogP contribution in [0.3, 0.4) is 0 Å². The van der Waals surface area contributed by atoms with Crippen LogP contribution >= 0.6 is 0 Å². The average Bonchev–Trinajstić information content (AvgIpc) is 2.89. The Morgan fingerprint density at radius 3 is 2.70 bits per heavy atom. The van der Waals surface area contributed by atoms with Gasteiger partial charge in [-0.15, -0.1) is 0 Å². The normalized spacial score (nSPS) is 23.2. The second-order valence-electron chi connectivity index (χ2n) is 6.13. The highest BCUT2D eigenvalue weighted by Crippen LogP contribution is 2.38. The van der Waals surface area contributed by atoms with Crippen LogP contribution in [0.5, 0.6) is 5.75 Å². The molecule has 4 nitrogen and oxygen atoms in total. The molecule has 1 amide bonds. The van der Waals surface area contributed by atoms with Gasteiger partial charge in [-0.25, -0.2) is 0 Å². The second kappa shape index (κ2) is 5.70. The van der Waals surface area contributed by atoms with E-state index < -0.39 is 0 Å². The third kappa shape index (κ3) is 2.39. The molecule has 2 aliphatic rings. The van der Waals surface area contributed by atoms with Gasteiger partial charge < -0.3 is 15.0 Å². The van der Waals surface area contributed by atoms with E-state index in [9.17, 15) is 4.79 Å². The molecule has 23 heavy (non-hydrogen) atoms. The van der Waals surface area contributed by atoms with Gasteiger partial charge in [0, 0.05) is 18.7 Å². The number of carbonyl (C=O) groups is 1. The fourth-order valence-electron chi connectivity index (χ4n) is 3.74. The molecule has 4 heteroatoms. The van der Waals surface area contributed by atoms with Crippen LogP contribution in [0.15, 0.2) is 48.5 Å². The quantitative estimate of drug-likeness (QED) is 0.927. The van der Waals surface area contributed by atoms with Crippen molar-refractivity contribution >= 4 is 11.6 Å². The Labute approximate surface area is 136 Å². The van der Waals surface area contributed by atoms with Gasteiger partial charge in [-0.05, 0) is 35.7 Å². The molecule has 2 heterocycles. The Morgan fingerprint density at radius 1 is 1.13 bits per heavy atom. The molecule has 2 aromatic carbocycles. The average molecular weight is 308 g/mol. The van der Waals surface area contributed by atoms with Crippen molar-refractivity contribution in [3.8, 4) is 5.75 Å². The summed E-state index contributed by atoms with van der Waals surface area (Å²) in [7, 11) is 1.67. The number of ether oxygens (including phenoxy) is 1. The zero-order chi connectivity index (χ0) is 15.8. The number of para-hydroxylation sites is 1. The Kier molecular flexibility index (Phi) is 3.54. The lowest BCUT2D eigenvalue weighted by Gasteiger charge is -2.30. The third-order valence-electron chi connectivity index (χ3n) is 4.88. The van der Waals surface area contributed by atoms with E-state index in [0.29, 0.717) is 6.42 Å². The number of rotatable bonds is 2. The van der Waals surface area contributed by atoms with Crippen molar-refractivity contribution < 1.29 is 9.53 Å². The highest BCUT2D eigenvalue weighted by Gasteiger charge is 2.40. The Hall–Kier alpha value is -2.33. The van der Waals surface area contributed by atoms with Crippen LogP contribution in [0, 0.1) is 0 Å². The van der Waals surface area contributed by atoms with E-state index in [1.54, 1.807) is 7.11 Å². The Morgan fingerprint density at radius 2 is 1.91 bits per heavy atom. The highest BCUT2D eigenvalue weighted by atomic mass is 16.5. The lowest BCUT2D eigenvalue weighted by atomic mass is 9.97. The van der Waals surface area contributed by atoms with Crippen LogP contribution in [-0.4, -0.2) is 19.1 Å². The summed E-state index contributed by atoms with van der Waals surface area (Å²) in [5.74, 6) is 1.08. The largest absolute Gasteiger partial charge is 0.497 e. The number of nitrogens with one attached hydrogen (secondary N) is 1. The molecule has 0 spiro atoms.